The molecular formula is C27H32F2N8. The normalized spacial score (nSPS) is 22.3. The van der Waals surface area contributed by atoms with Crippen LogP contribution in [-0.4, -0.2) is 46.9 Å². The molecule has 2 aromatic rings. The summed E-state index contributed by atoms with van der Waals surface area (Å²) in [6.45, 7) is 7.92. The molecule has 2 aromatic heterocycles. The number of halogens is 2. The SMILES string of the molecule is C=C(Nc1cc(C/N=C(\c2c(N)cncc2C2CC2)N2CC3CNCC3C2)ccn1)/C(F)=C\C(F)=C/N. The monoisotopic (exact) mass is 506 g/mol. The number of aromatic nitrogens is 2. The summed E-state index contributed by atoms with van der Waals surface area (Å²) in [6, 6.07) is 3.63. The van der Waals surface area contributed by atoms with Gasteiger partial charge < -0.3 is 27.0 Å². The van der Waals surface area contributed by atoms with Gasteiger partial charge in [-0.05, 0) is 53.9 Å². The number of anilines is 2. The van der Waals surface area contributed by atoms with Crippen LogP contribution in [0, 0.1) is 11.8 Å². The number of pyridine rings is 2. The van der Waals surface area contributed by atoms with E-state index in [1.165, 1.54) is 5.56 Å². The second kappa shape index (κ2) is 10.7. The standard InChI is InChI=1S/C27H32F2N8/c1-16(23(29)7-21(28)8-30)36-25-6-17(4-5-34-25)9-35-27(37-14-19-10-32-11-20(19)15-37)26-22(18-2-3-18)12-33-13-24(26)31/h4-8,12-13,18-20,32H,1-3,9-11,14-15,30-31H2,(H,34,36)/b21-8+,23-7+,35-27+. The third-order valence-corrected chi connectivity index (χ3v) is 7.16. The lowest BCUT2D eigenvalue weighted by atomic mass is 10.0. The van der Waals surface area contributed by atoms with E-state index >= 15 is 0 Å². The van der Waals surface area contributed by atoms with Crippen molar-refractivity contribution in [2.75, 3.05) is 37.2 Å². The maximum absolute atomic E-state index is 14.2. The van der Waals surface area contributed by atoms with Gasteiger partial charge in [-0.3, -0.25) is 9.98 Å². The van der Waals surface area contributed by atoms with Crippen molar-refractivity contribution in [2.24, 2.45) is 22.6 Å². The van der Waals surface area contributed by atoms with Crippen molar-refractivity contribution >= 4 is 17.3 Å². The lowest BCUT2D eigenvalue weighted by Gasteiger charge is -2.25. The smallest absolute Gasteiger partial charge is 0.149 e. The maximum Gasteiger partial charge on any atom is 0.149 e. The molecule has 0 amide bonds. The summed E-state index contributed by atoms with van der Waals surface area (Å²) in [7, 11) is 0. The minimum absolute atomic E-state index is 0.123. The van der Waals surface area contributed by atoms with Gasteiger partial charge >= 0.3 is 0 Å². The second-order valence-corrected chi connectivity index (χ2v) is 9.89. The average molecular weight is 507 g/mol. The van der Waals surface area contributed by atoms with Crippen LogP contribution in [0.1, 0.15) is 35.4 Å². The number of hydrogen-bond donors (Lipinski definition) is 4. The van der Waals surface area contributed by atoms with Crippen LogP contribution in [-0.2, 0) is 6.54 Å². The first-order chi connectivity index (χ1) is 17.9. The Hall–Kier alpha value is -3.79. The molecule has 3 aliphatic rings. The molecule has 0 aromatic carbocycles. The summed E-state index contributed by atoms with van der Waals surface area (Å²) in [6.07, 6.45) is 8.87. The van der Waals surface area contributed by atoms with E-state index in [0.29, 0.717) is 48.1 Å². The molecule has 2 saturated heterocycles. The van der Waals surface area contributed by atoms with Crippen LogP contribution in [0.4, 0.5) is 20.3 Å². The summed E-state index contributed by atoms with van der Waals surface area (Å²) in [5.74, 6) is 1.19. The number of nitrogens with one attached hydrogen (secondary N) is 2. The third-order valence-electron chi connectivity index (χ3n) is 7.16. The van der Waals surface area contributed by atoms with Gasteiger partial charge in [-0.15, -0.1) is 0 Å². The van der Waals surface area contributed by atoms with Gasteiger partial charge in [0, 0.05) is 56.4 Å². The van der Waals surface area contributed by atoms with Gasteiger partial charge in [-0.1, -0.05) is 6.58 Å². The van der Waals surface area contributed by atoms with Crippen molar-refractivity contribution in [1.82, 2.24) is 20.2 Å². The zero-order valence-corrected chi connectivity index (χ0v) is 20.6. The molecule has 5 rings (SSSR count). The van der Waals surface area contributed by atoms with E-state index in [4.69, 9.17) is 16.5 Å². The minimum Gasteiger partial charge on any atom is -0.402 e. The zero-order chi connectivity index (χ0) is 25.9. The molecule has 194 valence electrons. The fraction of sp³-hybridized carbons (Fsp3) is 0.370. The van der Waals surface area contributed by atoms with E-state index in [2.05, 4.69) is 32.1 Å². The van der Waals surface area contributed by atoms with Crippen molar-refractivity contribution in [3.8, 4) is 0 Å². The predicted octanol–water partition coefficient (Wildman–Crippen LogP) is 3.58. The van der Waals surface area contributed by atoms with Crippen molar-refractivity contribution < 1.29 is 8.78 Å². The van der Waals surface area contributed by atoms with Crippen molar-refractivity contribution in [2.45, 2.75) is 25.3 Å². The Morgan fingerprint density at radius 1 is 1.24 bits per heavy atom. The first-order valence-electron chi connectivity index (χ1n) is 12.5. The van der Waals surface area contributed by atoms with E-state index in [9.17, 15) is 8.78 Å². The summed E-state index contributed by atoms with van der Waals surface area (Å²) in [5.41, 5.74) is 15.1. The van der Waals surface area contributed by atoms with Crippen LogP contribution in [0.5, 0.6) is 0 Å². The summed E-state index contributed by atoms with van der Waals surface area (Å²) in [5, 5.41) is 6.27. The Morgan fingerprint density at radius 2 is 2.00 bits per heavy atom. The quantitative estimate of drug-likeness (QED) is 0.246. The number of likely N-dealkylation sites (tertiary alicyclic amines) is 1. The molecule has 3 fully saturated rings. The van der Waals surface area contributed by atoms with Gasteiger partial charge in [0.05, 0.1) is 24.1 Å². The van der Waals surface area contributed by atoms with E-state index < -0.39 is 11.7 Å². The summed E-state index contributed by atoms with van der Waals surface area (Å²) in [4.78, 5) is 16.1. The molecule has 1 saturated carbocycles. The van der Waals surface area contributed by atoms with Gasteiger partial charge in [0.2, 0.25) is 0 Å². The topological polar surface area (TPSA) is 117 Å². The highest BCUT2D eigenvalue weighted by Gasteiger charge is 2.39. The molecule has 2 atom stereocenters. The van der Waals surface area contributed by atoms with Gasteiger partial charge in [0.15, 0.2) is 0 Å². The molecule has 1 aliphatic carbocycles. The molecule has 37 heavy (non-hydrogen) atoms. The molecule has 0 bridgehead atoms. The molecule has 2 aliphatic heterocycles. The molecule has 10 heteroatoms. The van der Waals surface area contributed by atoms with Crippen LogP contribution in [0.2, 0.25) is 0 Å². The van der Waals surface area contributed by atoms with Crippen molar-refractivity contribution in [3.63, 3.8) is 0 Å². The fourth-order valence-corrected chi connectivity index (χ4v) is 5.10. The summed E-state index contributed by atoms with van der Waals surface area (Å²) < 4.78 is 27.4. The van der Waals surface area contributed by atoms with Gasteiger partial charge in [-0.2, -0.15) is 0 Å². The lowest BCUT2D eigenvalue weighted by Crippen LogP contribution is -2.34. The number of allylic oxidation sites excluding steroid dienone is 3. The largest absolute Gasteiger partial charge is 0.402 e. The highest BCUT2D eigenvalue weighted by atomic mass is 19.1. The number of aliphatic imine (C=N–C) groups is 1. The number of rotatable bonds is 8. The van der Waals surface area contributed by atoms with Crippen LogP contribution in [0.25, 0.3) is 0 Å². The Balaban J connectivity index is 1.41. The van der Waals surface area contributed by atoms with Crippen LogP contribution in [0.3, 0.4) is 0 Å². The number of fused-ring (bicyclic) bond motifs is 1. The van der Waals surface area contributed by atoms with Gasteiger partial charge in [0.1, 0.15) is 23.3 Å². The van der Waals surface area contributed by atoms with Crippen LogP contribution >= 0.6 is 0 Å². The van der Waals surface area contributed by atoms with E-state index in [1.807, 2.05) is 12.3 Å². The Labute approximate surface area is 215 Å². The first-order valence-corrected chi connectivity index (χ1v) is 12.5. The van der Waals surface area contributed by atoms with Gasteiger partial charge in [-0.25, -0.2) is 13.8 Å². The first kappa shape index (κ1) is 24.9. The Kier molecular flexibility index (Phi) is 7.18. The van der Waals surface area contributed by atoms with Crippen LogP contribution in [0.15, 0.2) is 71.9 Å². The maximum atomic E-state index is 14.2. The number of amidine groups is 1. The average Bonchev–Trinajstić information content (AvgIpc) is 3.51. The fourth-order valence-electron chi connectivity index (χ4n) is 5.10. The molecule has 4 heterocycles. The van der Waals surface area contributed by atoms with E-state index in [1.54, 1.807) is 18.5 Å². The predicted molar refractivity (Wildman–Crippen MR) is 142 cm³/mol. The van der Waals surface area contributed by atoms with Crippen molar-refractivity contribution in [1.29, 1.82) is 0 Å². The van der Waals surface area contributed by atoms with Crippen molar-refractivity contribution in [3.05, 3.63) is 83.6 Å². The minimum atomic E-state index is -0.896. The van der Waals surface area contributed by atoms with Crippen LogP contribution < -0.4 is 22.1 Å². The number of hydrogen-bond acceptors (Lipinski definition) is 7. The zero-order valence-electron chi connectivity index (χ0n) is 20.6. The molecule has 0 radical (unpaired) electrons. The molecule has 6 N–H and O–H groups in total. The number of nitrogens with zero attached hydrogens (tertiary/aromatic N) is 4. The van der Waals surface area contributed by atoms with E-state index in [-0.39, 0.29) is 5.70 Å². The van der Waals surface area contributed by atoms with Gasteiger partial charge in [0.25, 0.3) is 0 Å². The molecule has 8 nitrogen and oxygen atoms in total. The Bertz CT molecular complexity index is 1250. The second-order valence-electron chi connectivity index (χ2n) is 9.89. The Morgan fingerprint density at radius 3 is 2.70 bits per heavy atom. The van der Waals surface area contributed by atoms with E-state index in [0.717, 1.165) is 56.0 Å². The molecular weight excluding hydrogens is 474 g/mol. The highest BCUT2D eigenvalue weighted by Crippen LogP contribution is 2.43. The third kappa shape index (κ3) is 5.64. The number of nitrogens with two attached hydrogens (primary N) is 2. The molecule has 0 spiro atoms. The highest BCUT2D eigenvalue weighted by molar-refractivity contribution is 6.04. The number of nitrogen functional groups attached to an aromatic ring is 1. The molecule has 2 unspecified atom stereocenters. The summed E-state index contributed by atoms with van der Waals surface area (Å²) >= 11 is 0. The lowest BCUT2D eigenvalue weighted by molar-refractivity contribution is 0.466.